The number of benzene rings is 1. The van der Waals surface area contributed by atoms with Gasteiger partial charge in [0.2, 0.25) is 0 Å². The van der Waals surface area contributed by atoms with E-state index >= 15 is 0 Å². The van der Waals surface area contributed by atoms with Crippen molar-refractivity contribution in [2.75, 3.05) is 18.5 Å². The van der Waals surface area contributed by atoms with Crippen LogP contribution in [-0.4, -0.2) is 29.5 Å². The van der Waals surface area contributed by atoms with E-state index < -0.39 is 11.6 Å². The molecule has 1 aliphatic heterocycles. The molecule has 0 unspecified atom stereocenters. The molecule has 23 heavy (non-hydrogen) atoms. The highest BCUT2D eigenvalue weighted by molar-refractivity contribution is 5.93. The smallest absolute Gasteiger partial charge is 0.301 e. The van der Waals surface area contributed by atoms with Crippen LogP contribution in [0.2, 0.25) is 0 Å². The van der Waals surface area contributed by atoms with Gasteiger partial charge in [0.25, 0.3) is 0 Å². The van der Waals surface area contributed by atoms with E-state index in [1.165, 1.54) is 16.0 Å². The first kappa shape index (κ1) is 15.1. The maximum atomic E-state index is 13.8. The number of amides is 2. The minimum absolute atomic E-state index is 0.138. The summed E-state index contributed by atoms with van der Waals surface area (Å²) in [7, 11) is 1.66. The van der Waals surface area contributed by atoms with Crippen LogP contribution in [-0.2, 0) is 0 Å². The van der Waals surface area contributed by atoms with Gasteiger partial charge in [0, 0.05) is 43.0 Å². The molecule has 1 aromatic heterocycles. The number of aromatic nitrogens is 1. The Balaban J connectivity index is 1.89. The second-order valence-corrected chi connectivity index (χ2v) is 5.34. The molecule has 0 spiro atoms. The number of hydrogen-bond donors (Lipinski definition) is 0. The van der Waals surface area contributed by atoms with Crippen LogP contribution in [0.1, 0.15) is 6.42 Å². The fourth-order valence-electron chi connectivity index (χ4n) is 2.46. The van der Waals surface area contributed by atoms with Gasteiger partial charge < -0.3 is 4.90 Å². The van der Waals surface area contributed by atoms with E-state index in [2.05, 4.69) is 11.6 Å². The fourth-order valence-corrected chi connectivity index (χ4v) is 2.46. The van der Waals surface area contributed by atoms with E-state index in [4.69, 9.17) is 0 Å². The standard InChI is InChI=1S/C17H15F2N3O/c1-11-7-8-22(17(23)21(11)2)16-6-3-12(10-20-16)14-9-13(18)4-5-15(14)19/h3-6,9-10H,1,7-8H2,2H3. The molecule has 1 saturated heterocycles. The lowest BCUT2D eigenvalue weighted by Crippen LogP contribution is -2.46. The third-order valence-electron chi connectivity index (χ3n) is 3.88. The number of carbonyl (C=O) groups is 1. The second-order valence-electron chi connectivity index (χ2n) is 5.34. The number of halogens is 2. The average molecular weight is 315 g/mol. The predicted octanol–water partition coefficient (Wildman–Crippen LogP) is 3.80. The van der Waals surface area contributed by atoms with Crippen molar-refractivity contribution in [1.29, 1.82) is 0 Å². The van der Waals surface area contributed by atoms with Gasteiger partial charge in [-0.3, -0.25) is 4.90 Å². The third-order valence-corrected chi connectivity index (χ3v) is 3.88. The molecular formula is C17H15F2N3O. The van der Waals surface area contributed by atoms with Crippen LogP contribution < -0.4 is 4.90 Å². The zero-order valence-corrected chi connectivity index (χ0v) is 12.6. The van der Waals surface area contributed by atoms with Gasteiger partial charge in [-0.1, -0.05) is 6.58 Å². The van der Waals surface area contributed by atoms with Crippen molar-refractivity contribution < 1.29 is 13.6 Å². The van der Waals surface area contributed by atoms with Crippen LogP contribution in [0.25, 0.3) is 11.1 Å². The van der Waals surface area contributed by atoms with Crippen molar-refractivity contribution in [2.24, 2.45) is 0 Å². The van der Waals surface area contributed by atoms with Crippen LogP contribution in [0.5, 0.6) is 0 Å². The van der Waals surface area contributed by atoms with Crippen molar-refractivity contribution in [2.45, 2.75) is 6.42 Å². The first-order valence-electron chi connectivity index (χ1n) is 7.12. The maximum Gasteiger partial charge on any atom is 0.329 e. The lowest BCUT2D eigenvalue weighted by molar-refractivity contribution is 0.219. The number of anilines is 1. The first-order valence-corrected chi connectivity index (χ1v) is 7.12. The summed E-state index contributed by atoms with van der Waals surface area (Å²) in [6, 6.07) is 6.30. The minimum atomic E-state index is -0.522. The molecule has 2 aromatic rings. The average Bonchev–Trinajstić information content (AvgIpc) is 2.55. The zero-order valence-electron chi connectivity index (χ0n) is 12.6. The predicted molar refractivity (Wildman–Crippen MR) is 83.9 cm³/mol. The molecule has 0 bridgehead atoms. The van der Waals surface area contributed by atoms with Crippen LogP contribution >= 0.6 is 0 Å². The van der Waals surface area contributed by atoms with Gasteiger partial charge in [-0.15, -0.1) is 0 Å². The van der Waals surface area contributed by atoms with Crippen LogP contribution in [0.3, 0.4) is 0 Å². The van der Waals surface area contributed by atoms with E-state index in [1.807, 2.05) is 0 Å². The summed E-state index contributed by atoms with van der Waals surface area (Å²) in [5.74, 6) is -0.572. The monoisotopic (exact) mass is 315 g/mol. The van der Waals surface area contributed by atoms with E-state index in [0.717, 1.165) is 23.9 Å². The topological polar surface area (TPSA) is 36.4 Å². The molecule has 3 rings (SSSR count). The largest absolute Gasteiger partial charge is 0.329 e. The molecule has 0 aliphatic carbocycles. The number of carbonyl (C=O) groups excluding carboxylic acids is 1. The van der Waals surface area contributed by atoms with Gasteiger partial charge in [-0.2, -0.15) is 0 Å². The van der Waals surface area contributed by atoms with Crippen LogP contribution in [0.4, 0.5) is 19.4 Å². The van der Waals surface area contributed by atoms with E-state index in [-0.39, 0.29) is 11.6 Å². The molecule has 2 amide bonds. The van der Waals surface area contributed by atoms with E-state index in [1.54, 1.807) is 19.2 Å². The maximum absolute atomic E-state index is 13.8. The summed E-state index contributed by atoms with van der Waals surface area (Å²) < 4.78 is 27.1. The molecule has 1 aromatic carbocycles. The summed E-state index contributed by atoms with van der Waals surface area (Å²) in [5, 5.41) is 0. The van der Waals surface area contributed by atoms with Crippen molar-refractivity contribution in [3.05, 3.63) is 60.4 Å². The summed E-state index contributed by atoms with van der Waals surface area (Å²) in [6.45, 7) is 4.32. The lowest BCUT2D eigenvalue weighted by atomic mass is 10.1. The molecule has 0 radical (unpaired) electrons. The lowest BCUT2D eigenvalue weighted by Gasteiger charge is -2.34. The van der Waals surface area contributed by atoms with E-state index in [9.17, 15) is 13.6 Å². The number of hydrogen-bond acceptors (Lipinski definition) is 2. The van der Waals surface area contributed by atoms with Gasteiger partial charge in [0.05, 0.1) is 0 Å². The number of rotatable bonds is 2. The third kappa shape index (κ3) is 2.79. The summed E-state index contributed by atoms with van der Waals surface area (Å²) >= 11 is 0. The highest BCUT2D eigenvalue weighted by Crippen LogP contribution is 2.26. The molecule has 118 valence electrons. The molecule has 0 atom stereocenters. The van der Waals surface area contributed by atoms with Crippen LogP contribution in [0.15, 0.2) is 48.8 Å². The molecule has 1 aliphatic rings. The van der Waals surface area contributed by atoms with Gasteiger partial charge >= 0.3 is 6.03 Å². The highest BCUT2D eigenvalue weighted by Gasteiger charge is 2.27. The Hall–Kier alpha value is -2.76. The molecule has 0 saturated carbocycles. The Kier molecular flexibility index (Phi) is 3.82. The van der Waals surface area contributed by atoms with Gasteiger partial charge in [-0.25, -0.2) is 18.6 Å². The van der Waals surface area contributed by atoms with Crippen molar-refractivity contribution in [1.82, 2.24) is 9.88 Å². The first-order chi connectivity index (χ1) is 11.0. The molecule has 0 N–H and O–H groups in total. The number of nitrogens with zero attached hydrogens (tertiary/aromatic N) is 3. The van der Waals surface area contributed by atoms with Crippen LogP contribution in [0, 0.1) is 11.6 Å². The van der Waals surface area contributed by atoms with Gasteiger partial charge in [-0.05, 0) is 30.3 Å². The Morgan fingerprint density at radius 1 is 1.22 bits per heavy atom. The Morgan fingerprint density at radius 3 is 2.70 bits per heavy atom. The SMILES string of the molecule is C=C1CCN(c2ccc(-c3cc(F)ccc3F)cn2)C(=O)N1C. The Morgan fingerprint density at radius 2 is 2.00 bits per heavy atom. The number of urea groups is 1. The normalized spacial score (nSPS) is 15.3. The Bertz CT molecular complexity index is 774. The number of pyridine rings is 1. The molecule has 1 fully saturated rings. The molecular weight excluding hydrogens is 300 g/mol. The molecule has 4 nitrogen and oxygen atoms in total. The van der Waals surface area contributed by atoms with Crippen molar-refractivity contribution in [3.63, 3.8) is 0 Å². The van der Waals surface area contributed by atoms with Crippen molar-refractivity contribution in [3.8, 4) is 11.1 Å². The Labute approximate surface area is 132 Å². The zero-order chi connectivity index (χ0) is 16.6. The summed E-state index contributed by atoms with van der Waals surface area (Å²) in [5.41, 5.74) is 1.34. The van der Waals surface area contributed by atoms with Gasteiger partial charge in [0.15, 0.2) is 0 Å². The summed E-state index contributed by atoms with van der Waals surface area (Å²) in [4.78, 5) is 19.5. The quantitative estimate of drug-likeness (QED) is 0.845. The highest BCUT2D eigenvalue weighted by atomic mass is 19.1. The summed E-state index contributed by atoms with van der Waals surface area (Å²) in [6.07, 6.45) is 2.09. The second kappa shape index (κ2) is 5.79. The van der Waals surface area contributed by atoms with E-state index in [0.29, 0.717) is 24.3 Å². The van der Waals surface area contributed by atoms with Gasteiger partial charge in [0.1, 0.15) is 17.5 Å². The van der Waals surface area contributed by atoms with Crippen molar-refractivity contribution >= 4 is 11.8 Å². The minimum Gasteiger partial charge on any atom is -0.301 e. The molecule has 2 heterocycles. The molecule has 6 heteroatoms. The fraction of sp³-hybridized carbons (Fsp3) is 0.176.